The molecule has 0 aliphatic heterocycles. The SMILES string of the molecule is CC1(C)c2cc(I)ccc2C2=CC=C(I)C[C@H]21. The van der Waals surface area contributed by atoms with E-state index >= 15 is 0 Å². The Morgan fingerprint density at radius 1 is 1.18 bits per heavy atom. The lowest BCUT2D eigenvalue weighted by Gasteiger charge is -2.30. The molecule has 0 saturated carbocycles. The molecule has 3 rings (SSSR count). The molecule has 0 fully saturated rings. The standard InChI is InChI=1S/C15H14I2/c1-15(2)13-7-9(16)3-5-11(13)12-6-4-10(17)8-14(12)15/h3-7,14H,8H2,1-2H3/t14-/m1/s1. The average molecular weight is 448 g/mol. The van der Waals surface area contributed by atoms with E-state index in [1.807, 2.05) is 0 Å². The molecule has 0 aromatic heterocycles. The minimum atomic E-state index is 0.271. The van der Waals surface area contributed by atoms with Crippen LogP contribution in [-0.4, -0.2) is 0 Å². The van der Waals surface area contributed by atoms with Gasteiger partial charge in [-0.25, -0.2) is 0 Å². The van der Waals surface area contributed by atoms with Crippen LogP contribution < -0.4 is 0 Å². The molecule has 0 nitrogen and oxygen atoms in total. The molecule has 0 saturated heterocycles. The van der Waals surface area contributed by atoms with Crippen molar-refractivity contribution in [3.05, 3.63) is 48.6 Å². The van der Waals surface area contributed by atoms with Gasteiger partial charge in [-0.15, -0.1) is 0 Å². The van der Waals surface area contributed by atoms with Crippen molar-refractivity contribution >= 4 is 50.8 Å². The summed E-state index contributed by atoms with van der Waals surface area (Å²) in [6.45, 7) is 4.78. The van der Waals surface area contributed by atoms with Gasteiger partial charge in [0.05, 0.1) is 0 Å². The molecule has 0 amide bonds. The quantitative estimate of drug-likeness (QED) is 0.473. The molecule has 0 spiro atoms. The van der Waals surface area contributed by atoms with E-state index < -0.39 is 0 Å². The maximum atomic E-state index is 2.47. The van der Waals surface area contributed by atoms with E-state index in [2.05, 4.69) is 89.4 Å². The molecule has 0 bridgehead atoms. The first-order valence-corrected chi connectivity index (χ1v) is 8.02. The minimum absolute atomic E-state index is 0.271. The molecule has 0 radical (unpaired) electrons. The van der Waals surface area contributed by atoms with E-state index in [0.717, 1.165) is 0 Å². The van der Waals surface area contributed by atoms with Crippen molar-refractivity contribution in [3.63, 3.8) is 0 Å². The maximum absolute atomic E-state index is 2.47. The number of halogens is 2. The third-order valence-electron chi connectivity index (χ3n) is 4.08. The summed E-state index contributed by atoms with van der Waals surface area (Å²) in [5.74, 6) is 0.660. The van der Waals surface area contributed by atoms with Crippen LogP contribution in [0, 0.1) is 9.49 Å². The predicted molar refractivity (Wildman–Crippen MR) is 90.4 cm³/mol. The molecule has 2 aliphatic carbocycles. The van der Waals surface area contributed by atoms with Gasteiger partial charge in [-0.1, -0.05) is 32.1 Å². The zero-order valence-electron chi connectivity index (χ0n) is 9.93. The number of hydrogen-bond acceptors (Lipinski definition) is 0. The summed E-state index contributed by atoms with van der Waals surface area (Å²) in [6.07, 6.45) is 5.80. The maximum Gasteiger partial charge on any atom is 0.0133 e. The first kappa shape index (κ1) is 12.2. The van der Waals surface area contributed by atoms with Crippen LogP contribution in [-0.2, 0) is 5.41 Å². The third kappa shape index (κ3) is 1.82. The fourth-order valence-corrected chi connectivity index (χ4v) is 4.19. The van der Waals surface area contributed by atoms with Gasteiger partial charge in [0.15, 0.2) is 0 Å². The number of fused-ring (bicyclic) bond motifs is 3. The van der Waals surface area contributed by atoms with Crippen molar-refractivity contribution < 1.29 is 0 Å². The lowest BCUT2D eigenvalue weighted by Crippen LogP contribution is -2.24. The van der Waals surface area contributed by atoms with Gasteiger partial charge in [0.1, 0.15) is 0 Å². The van der Waals surface area contributed by atoms with Crippen molar-refractivity contribution in [2.24, 2.45) is 5.92 Å². The lowest BCUT2D eigenvalue weighted by molar-refractivity contribution is 0.413. The largest absolute Gasteiger partial charge is 0.0574 e. The summed E-state index contributed by atoms with van der Waals surface area (Å²) in [4.78, 5) is 0. The molecule has 1 aromatic rings. The van der Waals surface area contributed by atoms with Crippen LogP contribution >= 0.6 is 45.2 Å². The molecule has 0 N–H and O–H groups in total. The molecule has 1 aromatic carbocycles. The lowest BCUT2D eigenvalue weighted by atomic mass is 9.75. The monoisotopic (exact) mass is 448 g/mol. The summed E-state index contributed by atoms with van der Waals surface area (Å²) in [5.41, 5.74) is 4.81. The molecule has 17 heavy (non-hydrogen) atoms. The van der Waals surface area contributed by atoms with E-state index in [4.69, 9.17) is 0 Å². The highest BCUT2D eigenvalue weighted by Crippen LogP contribution is 2.54. The summed E-state index contributed by atoms with van der Waals surface area (Å²) >= 11 is 4.88. The highest BCUT2D eigenvalue weighted by atomic mass is 127. The first-order valence-electron chi connectivity index (χ1n) is 5.87. The summed E-state index contributed by atoms with van der Waals surface area (Å²) in [7, 11) is 0. The van der Waals surface area contributed by atoms with E-state index in [0.29, 0.717) is 5.92 Å². The Balaban J connectivity index is 2.24. The fourth-order valence-electron chi connectivity index (χ4n) is 3.08. The normalized spacial score (nSPS) is 24.8. The third-order valence-corrected chi connectivity index (χ3v) is 5.55. The van der Waals surface area contributed by atoms with E-state index in [1.165, 1.54) is 24.7 Å². The Morgan fingerprint density at radius 3 is 2.71 bits per heavy atom. The summed E-state index contributed by atoms with van der Waals surface area (Å²) in [5, 5.41) is 0. The van der Waals surface area contributed by atoms with Crippen molar-refractivity contribution in [2.75, 3.05) is 0 Å². The van der Waals surface area contributed by atoms with Crippen LogP contribution in [0.15, 0.2) is 33.9 Å². The average Bonchev–Trinajstić information content (AvgIpc) is 2.49. The van der Waals surface area contributed by atoms with Crippen LogP contribution in [0.4, 0.5) is 0 Å². The highest BCUT2D eigenvalue weighted by molar-refractivity contribution is 14.1. The van der Waals surface area contributed by atoms with Gasteiger partial charge in [-0.05, 0) is 95.3 Å². The summed E-state index contributed by atoms with van der Waals surface area (Å²) in [6, 6.07) is 6.89. The first-order chi connectivity index (χ1) is 8.00. The Hall–Kier alpha value is 0.160. The zero-order chi connectivity index (χ0) is 12.2. The van der Waals surface area contributed by atoms with Gasteiger partial charge in [0, 0.05) is 3.57 Å². The second-order valence-corrected chi connectivity index (χ2v) is 8.04. The second kappa shape index (κ2) is 4.08. The van der Waals surface area contributed by atoms with Crippen LogP contribution in [0.3, 0.4) is 0 Å². The second-order valence-electron chi connectivity index (χ2n) is 5.40. The molecule has 2 aliphatic rings. The van der Waals surface area contributed by atoms with Crippen LogP contribution in [0.25, 0.3) is 5.57 Å². The molecule has 0 unspecified atom stereocenters. The van der Waals surface area contributed by atoms with Gasteiger partial charge in [0.2, 0.25) is 0 Å². The molecule has 2 heteroatoms. The van der Waals surface area contributed by atoms with Gasteiger partial charge in [0.25, 0.3) is 0 Å². The number of hydrogen-bond donors (Lipinski definition) is 0. The number of rotatable bonds is 0. The van der Waals surface area contributed by atoms with Crippen LogP contribution in [0.5, 0.6) is 0 Å². The molecule has 0 heterocycles. The Labute approximate surface area is 130 Å². The molecule has 1 atom stereocenters. The van der Waals surface area contributed by atoms with Crippen molar-refractivity contribution in [1.82, 2.24) is 0 Å². The number of benzene rings is 1. The van der Waals surface area contributed by atoms with Gasteiger partial charge < -0.3 is 0 Å². The molecule has 88 valence electrons. The minimum Gasteiger partial charge on any atom is -0.0574 e. The van der Waals surface area contributed by atoms with Crippen molar-refractivity contribution in [1.29, 1.82) is 0 Å². The van der Waals surface area contributed by atoms with Gasteiger partial charge >= 0.3 is 0 Å². The zero-order valence-corrected chi connectivity index (χ0v) is 14.2. The Kier molecular flexibility index (Phi) is 2.93. The topological polar surface area (TPSA) is 0 Å². The van der Waals surface area contributed by atoms with Crippen LogP contribution in [0.1, 0.15) is 31.4 Å². The highest BCUT2D eigenvalue weighted by Gasteiger charge is 2.43. The van der Waals surface area contributed by atoms with Crippen molar-refractivity contribution in [2.45, 2.75) is 25.7 Å². The fraction of sp³-hybridized carbons (Fsp3) is 0.333. The molecular formula is C15H14I2. The molecular weight excluding hydrogens is 434 g/mol. The van der Waals surface area contributed by atoms with E-state index in [1.54, 1.807) is 5.57 Å². The van der Waals surface area contributed by atoms with E-state index in [-0.39, 0.29) is 5.41 Å². The number of allylic oxidation sites excluding steroid dienone is 4. The van der Waals surface area contributed by atoms with Gasteiger partial charge in [-0.3, -0.25) is 0 Å². The predicted octanol–water partition coefficient (Wildman–Crippen LogP) is 5.30. The Morgan fingerprint density at radius 2 is 1.94 bits per heavy atom. The van der Waals surface area contributed by atoms with Crippen LogP contribution in [0.2, 0.25) is 0 Å². The van der Waals surface area contributed by atoms with E-state index in [9.17, 15) is 0 Å². The van der Waals surface area contributed by atoms with Crippen molar-refractivity contribution in [3.8, 4) is 0 Å². The smallest absolute Gasteiger partial charge is 0.0133 e. The Bertz CT molecular complexity index is 550. The van der Waals surface area contributed by atoms with Gasteiger partial charge in [-0.2, -0.15) is 0 Å². The summed E-state index contributed by atoms with van der Waals surface area (Å²) < 4.78 is 2.82.